The standard InChI is InChI=1S/C11H11N5OS/c17-10(13-11-14-15-16-18-11)9-8-4-2-1-3-7(8)5-6-12-9/h1-4,9,12H,5-6H2,(H,13,14,16,17). The predicted octanol–water partition coefficient (Wildman–Crippen LogP) is 0.759. The summed E-state index contributed by atoms with van der Waals surface area (Å²) in [6, 6.07) is 7.64. The molecule has 1 aliphatic rings. The molecule has 0 saturated heterocycles. The summed E-state index contributed by atoms with van der Waals surface area (Å²) in [7, 11) is 0. The Balaban J connectivity index is 1.83. The lowest BCUT2D eigenvalue weighted by Crippen LogP contribution is -2.38. The second kappa shape index (κ2) is 4.79. The van der Waals surface area contributed by atoms with Crippen LogP contribution in [0.4, 0.5) is 5.13 Å². The number of hydrogen-bond donors (Lipinski definition) is 2. The number of carbonyl (C=O) groups excluding carboxylic acids is 1. The van der Waals surface area contributed by atoms with Gasteiger partial charge in [0, 0.05) is 18.1 Å². The maximum atomic E-state index is 12.2. The Morgan fingerprint density at radius 2 is 2.33 bits per heavy atom. The van der Waals surface area contributed by atoms with Crippen molar-refractivity contribution in [1.29, 1.82) is 0 Å². The fourth-order valence-corrected chi connectivity index (χ4v) is 2.47. The molecule has 0 spiro atoms. The highest BCUT2D eigenvalue weighted by molar-refractivity contribution is 7.09. The topological polar surface area (TPSA) is 79.8 Å². The normalized spacial score (nSPS) is 18.1. The molecule has 1 aliphatic heterocycles. The number of fused-ring (bicyclic) bond motifs is 1. The fourth-order valence-electron chi connectivity index (χ4n) is 2.10. The number of rotatable bonds is 2. The molecule has 0 aliphatic carbocycles. The van der Waals surface area contributed by atoms with Crippen LogP contribution in [-0.4, -0.2) is 27.3 Å². The monoisotopic (exact) mass is 261 g/mol. The third-order valence-corrected chi connectivity index (χ3v) is 3.41. The average Bonchev–Trinajstić information content (AvgIpc) is 2.91. The smallest absolute Gasteiger partial charge is 0.247 e. The molecule has 1 unspecified atom stereocenters. The molecule has 0 fully saturated rings. The van der Waals surface area contributed by atoms with E-state index in [-0.39, 0.29) is 11.9 Å². The minimum Gasteiger partial charge on any atom is -0.302 e. The van der Waals surface area contributed by atoms with Crippen molar-refractivity contribution in [2.75, 3.05) is 11.9 Å². The SMILES string of the molecule is O=C(Nc1nnns1)C1NCCc2ccccc21. The lowest BCUT2D eigenvalue weighted by molar-refractivity contribution is -0.118. The third kappa shape index (κ3) is 2.09. The quantitative estimate of drug-likeness (QED) is 0.834. The first kappa shape index (κ1) is 11.2. The van der Waals surface area contributed by atoms with E-state index >= 15 is 0 Å². The second-order valence-corrected chi connectivity index (χ2v) is 4.73. The molecule has 18 heavy (non-hydrogen) atoms. The van der Waals surface area contributed by atoms with Crippen molar-refractivity contribution >= 4 is 22.6 Å². The molecule has 2 aromatic rings. The molecule has 1 atom stereocenters. The lowest BCUT2D eigenvalue weighted by Gasteiger charge is -2.25. The van der Waals surface area contributed by atoms with Gasteiger partial charge in [0.2, 0.25) is 11.0 Å². The van der Waals surface area contributed by atoms with Crippen molar-refractivity contribution in [3.05, 3.63) is 35.4 Å². The zero-order valence-corrected chi connectivity index (χ0v) is 10.3. The molecule has 7 heteroatoms. The Hall–Kier alpha value is -1.86. The summed E-state index contributed by atoms with van der Waals surface area (Å²) in [6.45, 7) is 0.795. The number of aromatic nitrogens is 3. The van der Waals surface area contributed by atoms with Gasteiger partial charge in [0.1, 0.15) is 6.04 Å². The van der Waals surface area contributed by atoms with Gasteiger partial charge in [-0.1, -0.05) is 33.9 Å². The molecule has 6 nitrogen and oxygen atoms in total. The van der Waals surface area contributed by atoms with E-state index in [1.165, 1.54) is 5.56 Å². The number of anilines is 1. The molecule has 0 radical (unpaired) electrons. The molecular weight excluding hydrogens is 250 g/mol. The molecule has 2 N–H and O–H groups in total. The Bertz CT molecular complexity index is 556. The summed E-state index contributed by atoms with van der Waals surface area (Å²) in [5.41, 5.74) is 2.24. The van der Waals surface area contributed by atoms with Gasteiger partial charge in [0.05, 0.1) is 0 Å². The molecule has 1 aromatic heterocycles. The predicted molar refractivity (Wildman–Crippen MR) is 67.2 cm³/mol. The van der Waals surface area contributed by atoms with E-state index in [1.54, 1.807) is 0 Å². The average molecular weight is 261 g/mol. The molecule has 0 saturated carbocycles. The lowest BCUT2D eigenvalue weighted by atomic mass is 9.94. The van der Waals surface area contributed by atoms with Crippen LogP contribution in [0, 0.1) is 0 Å². The third-order valence-electron chi connectivity index (χ3n) is 2.90. The second-order valence-electron chi connectivity index (χ2n) is 3.99. The number of hydrogen-bond acceptors (Lipinski definition) is 6. The van der Waals surface area contributed by atoms with Crippen molar-refractivity contribution in [2.24, 2.45) is 0 Å². The van der Waals surface area contributed by atoms with E-state index in [2.05, 4.69) is 31.5 Å². The first-order valence-corrected chi connectivity index (χ1v) is 6.39. The van der Waals surface area contributed by atoms with Crippen LogP contribution >= 0.6 is 11.5 Å². The van der Waals surface area contributed by atoms with E-state index in [1.807, 2.05) is 18.2 Å². The van der Waals surface area contributed by atoms with Crippen LogP contribution in [0.15, 0.2) is 24.3 Å². The highest BCUT2D eigenvalue weighted by atomic mass is 32.1. The Morgan fingerprint density at radius 1 is 1.44 bits per heavy atom. The molecular formula is C11H11N5OS. The molecule has 3 rings (SSSR count). The Kier molecular flexibility index (Phi) is 2.99. The van der Waals surface area contributed by atoms with Crippen LogP contribution in [0.1, 0.15) is 17.2 Å². The van der Waals surface area contributed by atoms with Gasteiger partial charge in [0.15, 0.2) is 0 Å². The van der Waals surface area contributed by atoms with Gasteiger partial charge in [-0.05, 0) is 22.8 Å². The van der Waals surface area contributed by atoms with Gasteiger partial charge in [-0.15, -0.1) is 0 Å². The minimum atomic E-state index is -0.334. The summed E-state index contributed by atoms with van der Waals surface area (Å²) in [6.07, 6.45) is 0.945. The molecule has 92 valence electrons. The van der Waals surface area contributed by atoms with E-state index in [0.29, 0.717) is 5.13 Å². The molecule has 1 amide bonds. The van der Waals surface area contributed by atoms with Crippen LogP contribution in [0.5, 0.6) is 0 Å². The minimum absolute atomic E-state index is 0.124. The van der Waals surface area contributed by atoms with E-state index in [9.17, 15) is 4.79 Å². The highest BCUT2D eigenvalue weighted by Crippen LogP contribution is 2.23. The zero-order valence-electron chi connectivity index (χ0n) is 9.46. The fraction of sp³-hybridized carbons (Fsp3) is 0.273. The van der Waals surface area contributed by atoms with Crippen molar-refractivity contribution in [3.8, 4) is 0 Å². The van der Waals surface area contributed by atoms with E-state index in [0.717, 1.165) is 30.1 Å². The largest absolute Gasteiger partial charge is 0.302 e. The van der Waals surface area contributed by atoms with Gasteiger partial charge in [-0.2, -0.15) is 0 Å². The Morgan fingerprint density at radius 3 is 3.17 bits per heavy atom. The van der Waals surface area contributed by atoms with Crippen molar-refractivity contribution in [1.82, 2.24) is 20.1 Å². The van der Waals surface area contributed by atoms with Crippen LogP contribution in [0.25, 0.3) is 0 Å². The van der Waals surface area contributed by atoms with Crippen LogP contribution in [-0.2, 0) is 11.2 Å². The van der Waals surface area contributed by atoms with Gasteiger partial charge in [0.25, 0.3) is 0 Å². The van der Waals surface area contributed by atoms with E-state index < -0.39 is 0 Å². The van der Waals surface area contributed by atoms with Crippen LogP contribution < -0.4 is 10.6 Å². The van der Waals surface area contributed by atoms with Gasteiger partial charge in [-0.25, -0.2) is 0 Å². The molecule has 0 bridgehead atoms. The Labute approximate surface area is 108 Å². The van der Waals surface area contributed by atoms with Gasteiger partial charge < -0.3 is 5.32 Å². The number of nitrogens with one attached hydrogen (secondary N) is 2. The van der Waals surface area contributed by atoms with Crippen molar-refractivity contribution < 1.29 is 4.79 Å². The maximum absolute atomic E-state index is 12.2. The number of amides is 1. The first-order valence-electron chi connectivity index (χ1n) is 5.61. The number of carbonyl (C=O) groups is 1. The van der Waals surface area contributed by atoms with Gasteiger partial charge >= 0.3 is 0 Å². The maximum Gasteiger partial charge on any atom is 0.247 e. The number of benzene rings is 1. The first-order chi connectivity index (χ1) is 8.84. The summed E-state index contributed by atoms with van der Waals surface area (Å²) >= 11 is 1.06. The van der Waals surface area contributed by atoms with Gasteiger partial charge in [-0.3, -0.25) is 10.1 Å². The van der Waals surface area contributed by atoms with E-state index in [4.69, 9.17) is 0 Å². The summed E-state index contributed by atoms with van der Waals surface area (Å²) in [5, 5.41) is 13.5. The molecule has 1 aromatic carbocycles. The highest BCUT2D eigenvalue weighted by Gasteiger charge is 2.26. The van der Waals surface area contributed by atoms with Crippen molar-refractivity contribution in [3.63, 3.8) is 0 Å². The summed E-state index contributed by atoms with van der Waals surface area (Å²) < 4.78 is 3.61. The zero-order chi connectivity index (χ0) is 12.4. The van der Waals surface area contributed by atoms with Crippen LogP contribution in [0.2, 0.25) is 0 Å². The molecule has 2 heterocycles. The summed E-state index contributed by atoms with van der Waals surface area (Å²) in [5.74, 6) is -0.124. The summed E-state index contributed by atoms with van der Waals surface area (Å²) in [4.78, 5) is 12.2. The van der Waals surface area contributed by atoms with Crippen LogP contribution in [0.3, 0.4) is 0 Å². The number of nitrogens with zero attached hydrogens (tertiary/aromatic N) is 3. The van der Waals surface area contributed by atoms with Crippen molar-refractivity contribution in [2.45, 2.75) is 12.5 Å².